The molecule has 1 N–H and O–H groups in total. The van der Waals surface area contributed by atoms with Gasteiger partial charge in [0, 0.05) is 5.92 Å². The summed E-state index contributed by atoms with van der Waals surface area (Å²) in [4.78, 5) is 23.5. The Labute approximate surface area is 111 Å². The lowest BCUT2D eigenvalue weighted by atomic mass is 9.81. The molecule has 3 aliphatic rings. The van der Waals surface area contributed by atoms with Crippen LogP contribution in [0.3, 0.4) is 0 Å². The van der Waals surface area contributed by atoms with Crippen LogP contribution in [0.25, 0.3) is 0 Å². The van der Waals surface area contributed by atoms with E-state index in [0.717, 1.165) is 0 Å². The third-order valence-electron chi connectivity index (χ3n) is 3.96. The highest BCUT2D eigenvalue weighted by molar-refractivity contribution is 7.87. The third-order valence-corrected chi connectivity index (χ3v) is 5.03. The van der Waals surface area contributed by atoms with E-state index < -0.39 is 50.8 Å². The van der Waals surface area contributed by atoms with Crippen molar-refractivity contribution in [3.63, 3.8) is 0 Å². The highest BCUT2D eigenvalue weighted by Gasteiger charge is 2.71. The zero-order valence-corrected chi connectivity index (χ0v) is 10.5. The molecule has 0 aromatic heterocycles. The van der Waals surface area contributed by atoms with Crippen molar-refractivity contribution in [3.8, 4) is 0 Å². The highest BCUT2D eigenvalue weighted by atomic mass is 32.2. The van der Waals surface area contributed by atoms with E-state index in [1.807, 2.05) is 5.32 Å². The summed E-state index contributed by atoms with van der Waals surface area (Å²) in [6.45, 7) is 0. The molecule has 2 fully saturated rings. The third kappa shape index (κ3) is 1.46. The van der Waals surface area contributed by atoms with Crippen molar-refractivity contribution >= 4 is 21.9 Å². The fourth-order valence-corrected chi connectivity index (χ4v) is 3.97. The van der Waals surface area contributed by atoms with E-state index in [-0.39, 0.29) is 6.42 Å². The summed E-state index contributed by atoms with van der Waals surface area (Å²) in [6, 6.07) is 0. The number of rotatable bonds is 2. The first-order valence-electron chi connectivity index (χ1n) is 5.65. The molecule has 0 aromatic carbocycles. The van der Waals surface area contributed by atoms with Crippen molar-refractivity contribution < 1.29 is 35.4 Å². The highest BCUT2D eigenvalue weighted by Crippen LogP contribution is 2.56. The van der Waals surface area contributed by atoms with E-state index in [1.165, 1.54) is 6.08 Å². The predicted molar refractivity (Wildman–Crippen MR) is 56.2 cm³/mol. The minimum atomic E-state index is -5.97. The van der Waals surface area contributed by atoms with Gasteiger partial charge in [-0.25, -0.2) is 4.18 Å². The molecule has 110 valence electrons. The number of nitrogens with one attached hydrogen (secondary N) is 1. The molecule has 2 bridgehead atoms. The predicted octanol–water partition coefficient (Wildman–Crippen LogP) is 0.0699. The molecule has 0 spiro atoms. The zero-order valence-electron chi connectivity index (χ0n) is 9.68. The Morgan fingerprint density at radius 3 is 2.55 bits per heavy atom. The standard InChI is InChI=1S/C10H8F3NO5S/c11-10(12,13)20(17,18)19-9-5-2-1-4(3-5)6(9)7(15)14-8(9)16/h1-2,4-6H,3H2,(H,14,15,16). The monoisotopic (exact) mass is 311 g/mol. The zero-order chi connectivity index (χ0) is 14.9. The molecule has 4 atom stereocenters. The van der Waals surface area contributed by atoms with Gasteiger partial charge in [-0.1, -0.05) is 12.2 Å². The van der Waals surface area contributed by atoms with Crippen LogP contribution in [-0.2, 0) is 23.9 Å². The summed E-state index contributed by atoms with van der Waals surface area (Å²) in [5.41, 5.74) is -7.95. The number of allylic oxidation sites excluding steroid dienone is 1. The van der Waals surface area contributed by atoms with Gasteiger partial charge in [0.1, 0.15) is 0 Å². The van der Waals surface area contributed by atoms with E-state index >= 15 is 0 Å². The minimum absolute atomic E-state index is 0.219. The molecule has 0 radical (unpaired) electrons. The normalized spacial score (nSPS) is 39.2. The van der Waals surface area contributed by atoms with Gasteiger partial charge in [0.2, 0.25) is 5.91 Å². The van der Waals surface area contributed by atoms with Gasteiger partial charge in [-0.3, -0.25) is 14.9 Å². The molecule has 10 heteroatoms. The van der Waals surface area contributed by atoms with Crippen molar-refractivity contribution in [2.45, 2.75) is 17.5 Å². The Kier molecular flexibility index (Phi) is 2.45. The van der Waals surface area contributed by atoms with Crippen LogP contribution in [0.4, 0.5) is 13.2 Å². The Bertz CT molecular complexity index is 640. The second-order valence-electron chi connectivity index (χ2n) is 4.96. The first-order valence-corrected chi connectivity index (χ1v) is 7.06. The summed E-state index contributed by atoms with van der Waals surface area (Å²) in [7, 11) is -5.97. The number of imide groups is 1. The van der Waals surface area contributed by atoms with Crippen LogP contribution in [0, 0.1) is 17.8 Å². The summed E-state index contributed by atoms with van der Waals surface area (Å²) in [5, 5.41) is 1.86. The molecule has 0 aromatic rings. The SMILES string of the molecule is O=C1NC(=O)C2(OS(=O)(=O)C(F)(F)F)C3C=CC(C3)C12. The lowest BCUT2D eigenvalue weighted by molar-refractivity contribution is -0.138. The van der Waals surface area contributed by atoms with Gasteiger partial charge < -0.3 is 0 Å². The fraction of sp³-hybridized carbons (Fsp3) is 0.600. The van der Waals surface area contributed by atoms with E-state index in [2.05, 4.69) is 4.18 Å². The maximum Gasteiger partial charge on any atom is 0.523 e. The molecule has 1 saturated heterocycles. The number of fused-ring (bicyclic) bond motifs is 5. The van der Waals surface area contributed by atoms with Crippen LogP contribution in [0.5, 0.6) is 0 Å². The van der Waals surface area contributed by atoms with E-state index in [0.29, 0.717) is 0 Å². The molecule has 1 heterocycles. The van der Waals surface area contributed by atoms with Crippen molar-refractivity contribution in [2.24, 2.45) is 17.8 Å². The molecule has 1 aliphatic heterocycles. The summed E-state index contributed by atoms with van der Waals surface area (Å²) in [6.07, 6.45) is 3.23. The smallest absolute Gasteiger partial charge is 0.293 e. The summed E-state index contributed by atoms with van der Waals surface area (Å²) < 4.78 is 64.1. The second kappa shape index (κ2) is 3.61. The van der Waals surface area contributed by atoms with Crippen molar-refractivity contribution in [1.82, 2.24) is 5.32 Å². The first-order chi connectivity index (χ1) is 9.09. The molecule has 6 nitrogen and oxygen atoms in total. The van der Waals surface area contributed by atoms with Gasteiger partial charge in [0.25, 0.3) is 5.91 Å². The van der Waals surface area contributed by atoms with Crippen LogP contribution in [-0.4, -0.2) is 31.3 Å². The quantitative estimate of drug-likeness (QED) is 0.337. The van der Waals surface area contributed by atoms with Crippen molar-refractivity contribution in [1.29, 1.82) is 0 Å². The Hall–Kier alpha value is -1.42. The van der Waals surface area contributed by atoms with E-state index in [4.69, 9.17) is 0 Å². The van der Waals surface area contributed by atoms with Crippen molar-refractivity contribution in [2.75, 3.05) is 0 Å². The number of amides is 2. The molecule has 20 heavy (non-hydrogen) atoms. The van der Waals surface area contributed by atoms with Crippen LogP contribution in [0.1, 0.15) is 6.42 Å². The van der Waals surface area contributed by atoms with Crippen molar-refractivity contribution in [3.05, 3.63) is 12.2 Å². The minimum Gasteiger partial charge on any atom is -0.293 e. The molecule has 3 rings (SSSR count). The summed E-state index contributed by atoms with van der Waals surface area (Å²) >= 11 is 0. The number of halogens is 3. The average molecular weight is 311 g/mol. The number of hydrogen-bond donors (Lipinski definition) is 1. The van der Waals surface area contributed by atoms with E-state index in [9.17, 15) is 31.2 Å². The lowest BCUT2D eigenvalue weighted by Gasteiger charge is -2.31. The Morgan fingerprint density at radius 1 is 1.30 bits per heavy atom. The van der Waals surface area contributed by atoms with Gasteiger partial charge in [-0.2, -0.15) is 21.6 Å². The Morgan fingerprint density at radius 2 is 1.95 bits per heavy atom. The Balaban J connectivity index is 2.08. The largest absolute Gasteiger partial charge is 0.523 e. The second-order valence-corrected chi connectivity index (χ2v) is 6.50. The molecule has 1 saturated carbocycles. The molecule has 2 aliphatic carbocycles. The molecular formula is C10H8F3NO5S. The van der Waals surface area contributed by atoms with Crippen LogP contribution < -0.4 is 5.32 Å². The van der Waals surface area contributed by atoms with Crippen LogP contribution >= 0.6 is 0 Å². The van der Waals surface area contributed by atoms with Gasteiger partial charge in [-0.05, 0) is 12.3 Å². The number of carbonyl (C=O) groups excluding carboxylic acids is 2. The number of carbonyl (C=O) groups is 2. The van der Waals surface area contributed by atoms with Crippen LogP contribution in [0.2, 0.25) is 0 Å². The topological polar surface area (TPSA) is 89.5 Å². The maximum atomic E-state index is 12.5. The molecule has 4 unspecified atom stereocenters. The molecular weight excluding hydrogens is 303 g/mol. The lowest BCUT2D eigenvalue weighted by Crippen LogP contribution is -2.51. The van der Waals surface area contributed by atoms with E-state index in [1.54, 1.807) is 6.08 Å². The summed E-state index contributed by atoms with van der Waals surface area (Å²) in [5.74, 6) is -4.51. The number of hydrogen-bond acceptors (Lipinski definition) is 5. The maximum absolute atomic E-state index is 12.5. The average Bonchev–Trinajstić information content (AvgIpc) is 2.90. The van der Waals surface area contributed by atoms with Gasteiger partial charge in [0.05, 0.1) is 5.92 Å². The van der Waals surface area contributed by atoms with Crippen LogP contribution in [0.15, 0.2) is 12.2 Å². The van der Waals surface area contributed by atoms with Gasteiger partial charge in [0.15, 0.2) is 5.60 Å². The fourth-order valence-electron chi connectivity index (χ4n) is 3.21. The van der Waals surface area contributed by atoms with Gasteiger partial charge >= 0.3 is 15.6 Å². The number of alkyl halides is 3. The first kappa shape index (κ1) is 13.6. The molecule has 2 amide bonds. The van der Waals surface area contributed by atoms with Gasteiger partial charge in [-0.15, -0.1) is 0 Å².